The van der Waals surface area contributed by atoms with Crippen molar-refractivity contribution in [3.63, 3.8) is 0 Å². The normalized spacial score (nSPS) is 10.5. The Bertz CT molecular complexity index is 341. The number of nitrogens with zero attached hydrogens (tertiary/aromatic N) is 1. The van der Waals surface area contributed by atoms with Gasteiger partial charge in [-0.1, -0.05) is 0 Å². The number of rotatable bonds is 2. The van der Waals surface area contributed by atoms with E-state index in [1.54, 1.807) is 0 Å². The van der Waals surface area contributed by atoms with E-state index in [2.05, 4.69) is 4.98 Å². The van der Waals surface area contributed by atoms with Crippen LogP contribution in [0.3, 0.4) is 0 Å². The number of alkyl halides is 2. The van der Waals surface area contributed by atoms with Gasteiger partial charge >= 0.3 is 0 Å². The summed E-state index contributed by atoms with van der Waals surface area (Å²) < 4.78 is 36.6. The van der Waals surface area contributed by atoms with E-state index in [0.717, 1.165) is 0 Å². The summed E-state index contributed by atoms with van der Waals surface area (Å²) >= 11 is 0. The average molecular weight is 191 g/mol. The van der Waals surface area contributed by atoms with Crippen LogP contribution in [0.1, 0.15) is 22.6 Å². The summed E-state index contributed by atoms with van der Waals surface area (Å²) in [5, 5.41) is 8.75. The van der Waals surface area contributed by atoms with Crippen LogP contribution in [0.15, 0.2) is 6.07 Å². The van der Waals surface area contributed by atoms with Crippen LogP contribution in [0, 0.1) is 5.82 Å². The lowest BCUT2D eigenvalue weighted by Crippen LogP contribution is -1.98. The van der Waals surface area contributed by atoms with Crippen molar-refractivity contribution in [2.75, 3.05) is 0 Å². The van der Waals surface area contributed by atoms with Crippen LogP contribution in [-0.2, 0) is 0 Å². The summed E-state index contributed by atoms with van der Waals surface area (Å²) in [5.41, 5.74) is -1.60. The van der Waals surface area contributed by atoms with Gasteiger partial charge in [-0.15, -0.1) is 0 Å². The molecule has 0 radical (unpaired) electrons. The minimum Gasteiger partial charge on any atom is -0.503 e. The molecule has 0 unspecified atom stereocenters. The number of carbonyl (C=O) groups excluding carboxylic acids is 1. The van der Waals surface area contributed by atoms with E-state index in [4.69, 9.17) is 5.11 Å². The molecule has 0 aromatic carbocycles. The van der Waals surface area contributed by atoms with Crippen LogP contribution in [0.4, 0.5) is 13.2 Å². The van der Waals surface area contributed by atoms with Gasteiger partial charge in [0.05, 0.1) is 0 Å². The van der Waals surface area contributed by atoms with E-state index < -0.39 is 29.4 Å². The average Bonchev–Trinajstić information content (AvgIpc) is 2.09. The highest BCUT2D eigenvalue weighted by Gasteiger charge is 2.19. The number of hydrogen-bond acceptors (Lipinski definition) is 3. The molecule has 0 bridgehead atoms. The molecule has 6 heteroatoms. The Balaban J connectivity index is 3.32. The Morgan fingerprint density at radius 2 is 2.15 bits per heavy atom. The zero-order valence-corrected chi connectivity index (χ0v) is 6.17. The number of hydrogen-bond donors (Lipinski definition) is 1. The van der Waals surface area contributed by atoms with Crippen LogP contribution >= 0.6 is 0 Å². The van der Waals surface area contributed by atoms with Crippen LogP contribution in [0.25, 0.3) is 0 Å². The van der Waals surface area contributed by atoms with E-state index in [0.29, 0.717) is 6.07 Å². The Kier molecular flexibility index (Phi) is 2.50. The molecule has 1 aromatic rings. The third-order valence-electron chi connectivity index (χ3n) is 1.32. The summed E-state index contributed by atoms with van der Waals surface area (Å²) in [6, 6.07) is 0.578. The highest BCUT2D eigenvalue weighted by molar-refractivity contribution is 5.72. The maximum absolute atomic E-state index is 12.6. The molecule has 0 fully saturated rings. The maximum Gasteiger partial charge on any atom is 0.284 e. The third kappa shape index (κ3) is 1.77. The highest BCUT2D eigenvalue weighted by atomic mass is 19.3. The zero-order chi connectivity index (χ0) is 10.0. The van der Waals surface area contributed by atoms with E-state index in [-0.39, 0.29) is 6.29 Å². The fourth-order valence-corrected chi connectivity index (χ4v) is 0.757. The molecule has 0 saturated carbocycles. The van der Waals surface area contributed by atoms with E-state index >= 15 is 0 Å². The quantitative estimate of drug-likeness (QED) is 0.723. The van der Waals surface area contributed by atoms with Crippen molar-refractivity contribution in [3.05, 3.63) is 23.3 Å². The maximum atomic E-state index is 12.6. The van der Waals surface area contributed by atoms with Gasteiger partial charge in [0.25, 0.3) is 6.43 Å². The largest absolute Gasteiger partial charge is 0.503 e. The summed E-state index contributed by atoms with van der Waals surface area (Å²) in [5.74, 6) is -2.51. The molecular weight excluding hydrogens is 187 g/mol. The molecule has 0 aliphatic carbocycles. The molecule has 0 atom stereocenters. The van der Waals surface area contributed by atoms with Crippen molar-refractivity contribution in [2.24, 2.45) is 0 Å². The molecule has 0 amide bonds. The molecule has 1 heterocycles. The standard InChI is InChI=1S/C7H4F3NO2/c8-4-1-3(2-12)11-5(6(4)13)7(9)10/h1-2,7,13H. The van der Waals surface area contributed by atoms with Gasteiger partial charge in [0.2, 0.25) is 0 Å². The number of halogens is 3. The lowest BCUT2D eigenvalue weighted by atomic mass is 10.3. The van der Waals surface area contributed by atoms with Crippen molar-refractivity contribution in [2.45, 2.75) is 6.43 Å². The Labute approximate surface area is 70.8 Å². The predicted molar refractivity (Wildman–Crippen MR) is 36.2 cm³/mol. The van der Waals surface area contributed by atoms with Crippen LogP contribution in [-0.4, -0.2) is 16.4 Å². The van der Waals surface area contributed by atoms with E-state index in [1.807, 2.05) is 0 Å². The minimum absolute atomic E-state index is 0.119. The molecular formula is C7H4F3NO2. The van der Waals surface area contributed by atoms with E-state index in [1.165, 1.54) is 0 Å². The third-order valence-corrected chi connectivity index (χ3v) is 1.32. The molecule has 70 valence electrons. The van der Waals surface area contributed by atoms with Gasteiger partial charge in [-0.2, -0.15) is 0 Å². The SMILES string of the molecule is O=Cc1cc(F)c(O)c(C(F)F)n1. The van der Waals surface area contributed by atoms with Crippen LogP contribution < -0.4 is 0 Å². The second kappa shape index (κ2) is 3.42. The number of aldehydes is 1. The molecule has 1 rings (SSSR count). The van der Waals surface area contributed by atoms with Crippen LogP contribution in [0.5, 0.6) is 5.75 Å². The van der Waals surface area contributed by atoms with Gasteiger partial charge in [0.1, 0.15) is 5.69 Å². The summed E-state index contributed by atoms with van der Waals surface area (Å²) in [6.45, 7) is 0. The van der Waals surface area contributed by atoms with Gasteiger partial charge in [-0.3, -0.25) is 4.79 Å². The molecule has 1 N–H and O–H groups in total. The fourth-order valence-electron chi connectivity index (χ4n) is 0.757. The van der Waals surface area contributed by atoms with Gasteiger partial charge in [0, 0.05) is 6.07 Å². The monoisotopic (exact) mass is 191 g/mol. The number of carbonyl (C=O) groups is 1. The number of aromatic hydroxyl groups is 1. The van der Waals surface area contributed by atoms with Crippen molar-refractivity contribution < 1.29 is 23.1 Å². The lowest BCUT2D eigenvalue weighted by molar-refractivity contribution is 0.111. The van der Waals surface area contributed by atoms with Gasteiger partial charge < -0.3 is 5.11 Å². The number of pyridine rings is 1. The molecule has 13 heavy (non-hydrogen) atoms. The smallest absolute Gasteiger partial charge is 0.284 e. The first kappa shape index (κ1) is 9.50. The number of aromatic nitrogens is 1. The first-order valence-electron chi connectivity index (χ1n) is 3.19. The predicted octanol–water partition coefficient (Wildman–Crippen LogP) is 1.68. The minimum atomic E-state index is -3.12. The van der Waals surface area contributed by atoms with Gasteiger partial charge in [-0.25, -0.2) is 18.2 Å². The Morgan fingerprint density at radius 3 is 2.62 bits per heavy atom. The summed E-state index contributed by atoms with van der Waals surface area (Å²) in [6.07, 6.45) is -3.00. The molecule has 0 spiro atoms. The zero-order valence-electron chi connectivity index (χ0n) is 6.17. The molecule has 0 saturated heterocycles. The molecule has 0 aliphatic rings. The topological polar surface area (TPSA) is 50.2 Å². The van der Waals surface area contributed by atoms with Crippen molar-refractivity contribution in [3.8, 4) is 5.75 Å². The molecule has 1 aromatic heterocycles. The van der Waals surface area contributed by atoms with E-state index in [9.17, 15) is 18.0 Å². The second-order valence-corrected chi connectivity index (χ2v) is 2.18. The Morgan fingerprint density at radius 1 is 1.54 bits per heavy atom. The fraction of sp³-hybridized carbons (Fsp3) is 0.143. The van der Waals surface area contributed by atoms with Crippen LogP contribution in [0.2, 0.25) is 0 Å². The Hall–Kier alpha value is -1.59. The lowest BCUT2D eigenvalue weighted by Gasteiger charge is -2.03. The van der Waals surface area contributed by atoms with Crippen molar-refractivity contribution in [1.82, 2.24) is 4.98 Å². The van der Waals surface area contributed by atoms with Gasteiger partial charge in [0.15, 0.2) is 23.5 Å². The molecule has 3 nitrogen and oxygen atoms in total. The second-order valence-electron chi connectivity index (χ2n) is 2.18. The van der Waals surface area contributed by atoms with Crippen molar-refractivity contribution in [1.29, 1.82) is 0 Å². The van der Waals surface area contributed by atoms with Crippen molar-refractivity contribution >= 4 is 6.29 Å². The summed E-state index contributed by atoms with van der Waals surface area (Å²) in [4.78, 5) is 13.1. The first-order chi connectivity index (χ1) is 6.06. The first-order valence-corrected chi connectivity index (χ1v) is 3.19. The summed E-state index contributed by atoms with van der Waals surface area (Å²) in [7, 11) is 0. The highest BCUT2D eigenvalue weighted by Crippen LogP contribution is 2.28. The van der Waals surface area contributed by atoms with Gasteiger partial charge in [-0.05, 0) is 0 Å². The molecule has 0 aliphatic heterocycles.